The quantitative estimate of drug-likeness (QED) is 0.477. The first-order chi connectivity index (χ1) is 12.1. The van der Waals surface area contributed by atoms with E-state index in [0.29, 0.717) is 5.76 Å². The smallest absolute Gasteiger partial charge is 0.119 e. The van der Waals surface area contributed by atoms with Gasteiger partial charge in [-0.15, -0.1) is 0 Å². The Morgan fingerprint density at radius 3 is 1.80 bits per heavy atom. The Morgan fingerprint density at radius 1 is 0.760 bits per heavy atom. The number of benzene rings is 3. The predicted molar refractivity (Wildman–Crippen MR) is 110 cm³/mol. The molecular weight excluding hydrogens is 320 g/mol. The zero-order valence-corrected chi connectivity index (χ0v) is 15.8. The molecule has 0 aromatic heterocycles. The van der Waals surface area contributed by atoms with Gasteiger partial charge in [-0.2, -0.15) is 0 Å². The first-order valence-electron chi connectivity index (χ1n) is 8.66. The van der Waals surface area contributed by atoms with E-state index >= 15 is 0 Å². The lowest BCUT2D eigenvalue weighted by molar-refractivity contribution is 0.509. The molecule has 2 heteroatoms. The van der Waals surface area contributed by atoms with E-state index in [0.717, 1.165) is 5.56 Å². The van der Waals surface area contributed by atoms with Gasteiger partial charge in [0.25, 0.3) is 0 Å². The van der Waals surface area contributed by atoms with E-state index in [-0.39, 0.29) is 5.54 Å². The molecule has 1 atom stereocenters. The molecule has 0 aliphatic heterocycles. The maximum absolute atomic E-state index is 10.7. The largest absolute Gasteiger partial charge is 0.508 e. The molecule has 3 aromatic rings. The van der Waals surface area contributed by atoms with E-state index in [1.807, 2.05) is 42.5 Å². The minimum absolute atomic E-state index is 0.191. The van der Waals surface area contributed by atoms with Crippen molar-refractivity contribution < 1.29 is 5.11 Å². The molecule has 1 N–H and O–H groups in total. The van der Waals surface area contributed by atoms with Crippen LogP contribution in [0.15, 0.2) is 97.1 Å². The van der Waals surface area contributed by atoms with Crippen molar-refractivity contribution in [3.8, 4) is 0 Å². The fourth-order valence-corrected chi connectivity index (χ4v) is 6.30. The Bertz CT molecular complexity index is 824. The minimum atomic E-state index is -1.88. The highest BCUT2D eigenvalue weighted by Crippen LogP contribution is 2.31. The molecule has 126 valence electrons. The number of allylic oxidation sites excluding steroid dienone is 1. The Labute approximate surface area is 151 Å². The van der Waals surface area contributed by atoms with E-state index in [9.17, 15) is 5.11 Å². The van der Waals surface area contributed by atoms with Crippen LogP contribution in [0.5, 0.6) is 0 Å². The molecule has 0 heterocycles. The molecule has 0 saturated carbocycles. The van der Waals surface area contributed by atoms with E-state index < -0.39 is 8.07 Å². The third-order valence-electron chi connectivity index (χ3n) is 4.85. The van der Waals surface area contributed by atoms with Gasteiger partial charge in [-0.25, -0.2) is 0 Å². The molecule has 0 radical (unpaired) electrons. The maximum Gasteiger partial charge on any atom is 0.119 e. The Morgan fingerprint density at radius 2 is 1.24 bits per heavy atom. The van der Waals surface area contributed by atoms with Gasteiger partial charge in [0.15, 0.2) is 0 Å². The highest BCUT2D eigenvalue weighted by molar-refractivity contribution is 6.91. The average molecular weight is 345 g/mol. The van der Waals surface area contributed by atoms with Crippen LogP contribution >= 0.6 is 0 Å². The summed E-state index contributed by atoms with van der Waals surface area (Å²) in [5, 5.41) is 12.1. The van der Waals surface area contributed by atoms with Gasteiger partial charge in [-0.1, -0.05) is 109 Å². The summed E-state index contributed by atoms with van der Waals surface area (Å²) < 4.78 is 0. The van der Waals surface area contributed by atoms with E-state index in [1.165, 1.54) is 10.8 Å². The third kappa shape index (κ3) is 3.91. The molecule has 0 saturated heterocycles. The minimum Gasteiger partial charge on any atom is -0.508 e. The summed E-state index contributed by atoms with van der Waals surface area (Å²) in [6.45, 7) is 4.74. The van der Waals surface area contributed by atoms with Crippen LogP contribution in [0.3, 0.4) is 0 Å². The Balaban J connectivity index is 2.08. The number of aliphatic hydroxyl groups is 1. The second kappa shape index (κ2) is 7.54. The second-order valence-electron chi connectivity index (χ2n) is 6.89. The van der Waals surface area contributed by atoms with Crippen LogP contribution in [0.25, 0.3) is 5.76 Å². The lowest BCUT2D eigenvalue weighted by atomic mass is 10.1. The van der Waals surface area contributed by atoms with Crippen molar-refractivity contribution >= 4 is 19.0 Å². The molecule has 3 aromatic carbocycles. The molecule has 0 amide bonds. The maximum atomic E-state index is 10.7. The SMILES string of the molecule is C[Si](C)(c1ccccc1)C(/C=C(\O)c1ccccc1)c1ccccc1. The van der Waals surface area contributed by atoms with Crippen LogP contribution in [0.1, 0.15) is 16.7 Å². The van der Waals surface area contributed by atoms with Crippen molar-refractivity contribution in [2.75, 3.05) is 0 Å². The van der Waals surface area contributed by atoms with Crippen molar-refractivity contribution in [3.05, 3.63) is 108 Å². The summed E-state index contributed by atoms with van der Waals surface area (Å²) in [6.07, 6.45) is 2.05. The molecule has 3 rings (SSSR count). The van der Waals surface area contributed by atoms with Gasteiger partial charge in [-0.05, 0) is 11.6 Å². The van der Waals surface area contributed by atoms with Crippen molar-refractivity contribution in [2.24, 2.45) is 0 Å². The molecule has 0 aliphatic rings. The van der Waals surface area contributed by atoms with Gasteiger partial charge in [0.2, 0.25) is 0 Å². The first kappa shape index (κ1) is 17.2. The van der Waals surface area contributed by atoms with Crippen molar-refractivity contribution in [1.29, 1.82) is 0 Å². The monoisotopic (exact) mass is 344 g/mol. The lowest BCUT2D eigenvalue weighted by Crippen LogP contribution is -2.47. The molecular formula is C23H24OSi. The van der Waals surface area contributed by atoms with Crippen LogP contribution in [-0.2, 0) is 0 Å². The van der Waals surface area contributed by atoms with Crippen LogP contribution < -0.4 is 5.19 Å². The Hall–Kier alpha value is -2.58. The zero-order valence-electron chi connectivity index (χ0n) is 14.8. The number of rotatable bonds is 5. The second-order valence-corrected chi connectivity index (χ2v) is 11.5. The summed E-state index contributed by atoms with van der Waals surface area (Å²) >= 11 is 0. The van der Waals surface area contributed by atoms with E-state index in [4.69, 9.17) is 0 Å². The normalized spacial score (nSPS) is 13.4. The molecule has 0 fully saturated rings. The van der Waals surface area contributed by atoms with Gasteiger partial charge < -0.3 is 5.11 Å². The van der Waals surface area contributed by atoms with Crippen molar-refractivity contribution in [3.63, 3.8) is 0 Å². The molecule has 0 spiro atoms. The highest BCUT2D eigenvalue weighted by atomic mass is 28.3. The lowest BCUT2D eigenvalue weighted by Gasteiger charge is -2.32. The van der Waals surface area contributed by atoms with Gasteiger partial charge in [0.05, 0.1) is 8.07 Å². The van der Waals surface area contributed by atoms with Gasteiger partial charge in [0, 0.05) is 11.1 Å². The van der Waals surface area contributed by atoms with Gasteiger partial charge in [0.1, 0.15) is 5.76 Å². The molecule has 0 bridgehead atoms. The highest BCUT2D eigenvalue weighted by Gasteiger charge is 2.33. The van der Waals surface area contributed by atoms with Gasteiger partial charge in [-0.3, -0.25) is 0 Å². The summed E-state index contributed by atoms with van der Waals surface area (Å²) in [6, 6.07) is 31.0. The molecule has 1 unspecified atom stereocenters. The number of aliphatic hydroxyl groups excluding tert-OH is 1. The van der Waals surface area contributed by atoms with Crippen LogP contribution in [-0.4, -0.2) is 13.2 Å². The summed E-state index contributed by atoms with van der Waals surface area (Å²) in [5.74, 6) is 0.353. The third-order valence-corrected chi connectivity index (χ3v) is 8.72. The summed E-state index contributed by atoms with van der Waals surface area (Å²) in [5.41, 5.74) is 2.31. The molecule has 25 heavy (non-hydrogen) atoms. The van der Waals surface area contributed by atoms with Crippen molar-refractivity contribution in [1.82, 2.24) is 0 Å². The van der Waals surface area contributed by atoms with Crippen molar-refractivity contribution in [2.45, 2.75) is 18.6 Å². The predicted octanol–water partition coefficient (Wildman–Crippen LogP) is 5.52. The summed E-state index contributed by atoms with van der Waals surface area (Å²) in [7, 11) is -1.88. The molecule has 0 aliphatic carbocycles. The van der Waals surface area contributed by atoms with E-state index in [1.54, 1.807) is 0 Å². The van der Waals surface area contributed by atoms with Crippen LogP contribution in [0.4, 0.5) is 0 Å². The molecule has 1 nitrogen and oxygen atoms in total. The summed E-state index contributed by atoms with van der Waals surface area (Å²) in [4.78, 5) is 0. The van der Waals surface area contributed by atoms with E-state index in [2.05, 4.69) is 67.7 Å². The fraction of sp³-hybridized carbons (Fsp3) is 0.130. The van der Waals surface area contributed by atoms with Crippen LogP contribution in [0, 0.1) is 0 Å². The zero-order chi connectivity index (χ0) is 17.7. The number of hydrogen-bond donors (Lipinski definition) is 1. The average Bonchev–Trinajstić information content (AvgIpc) is 2.68. The Kier molecular flexibility index (Phi) is 5.20. The van der Waals surface area contributed by atoms with Gasteiger partial charge >= 0.3 is 0 Å². The standard InChI is InChI=1S/C23H24OSi/c1-25(2,21-16-10-5-11-17-21)23(20-14-8-4-9-15-20)18-22(24)19-12-6-3-7-13-19/h3-18,23-24H,1-2H3/b22-18-. The van der Waals surface area contributed by atoms with Crippen LogP contribution in [0.2, 0.25) is 13.1 Å². The topological polar surface area (TPSA) is 20.2 Å². The number of hydrogen-bond acceptors (Lipinski definition) is 1. The first-order valence-corrected chi connectivity index (χ1v) is 11.7. The fourth-order valence-electron chi connectivity index (χ4n) is 3.29.